The van der Waals surface area contributed by atoms with E-state index in [1.165, 1.54) is 36.2 Å². The molecule has 3 aromatic rings. The molecule has 196 valence electrons. The van der Waals surface area contributed by atoms with Crippen LogP contribution < -0.4 is 9.62 Å². The summed E-state index contributed by atoms with van der Waals surface area (Å²) in [6.45, 7) is 5.34. The molecule has 1 N–H and O–H groups in total. The number of nitrogens with one attached hydrogen (secondary N) is 1. The SMILES string of the molecule is CC[C@@H](C(=O)NC)N(Cc1cccc(C)c1)C(=O)CN(c1ccc(C)cc1)S(=O)(=O)c1ccc(Cl)cc1. The molecule has 0 radical (unpaired) electrons. The normalized spacial score (nSPS) is 12.0. The van der Waals surface area contributed by atoms with Crippen LogP contribution >= 0.6 is 11.6 Å². The molecule has 0 saturated heterocycles. The summed E-state index contributed by atoms with van der Waals surface area (Å²) in [5.74, 6) is -0.805. The molecular weight excluding hydrogens is 510 g/mol. The Bertz CT molecular complexity index is 1340. The van der Waals surface area contributed by atoms with Crippen molar-refractivity contribution in [1.29, 1.82) is 0 Å². The van der Waals surface area contributed by atoms with Crippen LogP contribution in [0.5, 0.6) is 0 Å². The lowest BCUT2D eigenvalue weighted by atomic mass is 10.1. The number of carbonyl (C=O) groups excluding carboxylic acids is 2. The van der Waals surface area contributed by atoms with Gasteiger partial charge in [0.2, 0.25) is 11.8 Å². The van der Waals surface area contributed by atoms with Crippen LogP contribution in [0.15, 0.2) is 77.7 Å². The number of carbonyl (C=O) groups is 2. The number of halogens is 1. The van der Waals surface area contributed by atoms with Crippen LogP contribution in [0.3, 0.4) is 0 Å². The van der Waals surface area contributed by atoms with Gasteiger partial charge in [0.05, 0.1) is 10.6 Å². The van der Waals surface area contributed by atoms with E-state index in [1.807, 2.05) is 45.0 Å². The lowest BCUT2D eigenvalue weighted by Gasteiger charge is -2.33. The molecule has 9 heteroatoms. The van der Waals surface area contributed by atoms with Crippen molar-refractivity contribution in [1.82, 2.24) is 10.2 Å². The Morgan fingerprint density at radius 2 is 1.59 bits per heavy atom. The zero-order valence-corrected chi connectivity index (χ0v) is 23.0. The van der Waals surface area contributed by atoms with E-state index in [4.69, 9.17) is 11.6 Å². The first-order valence-corrected chi connectivity index (χ1v) is 13.8. The van der Waals surface area contributed by atoms with Gasteiger partial charge in [0.25, 0.3) is 10.0 Å². The van der Waals surface area contributed by atoms with Crippen molar-refractivity contribution in [3.8, 4) is 0 Å². The van der Waals surface area contributed by atoms with E-state index in [2.05, 4.69) is 5.32 Å². The molecule has 3 rings (SSSR count). The van der Waals surface area contributed by atoms with Gasteiger partial charge in [-0.25, -0.2) is 8.42 Å². The molecule has 0 aliphatic heterocycles. The Balaban J connectivity index is 2.05. The number of sulfonamides is 1. The Morgan fingerprint density at radius 3 is 2.16 bits per heavy atom. The van der Waals surface area contributed by atoms with Crippen LogP contribution in [0, 0.1) is 13.8 Å². The molecule has 0 saturated carbocycles. The minimum Gasteiger partial charge on any atom is -0.357 e. The molecule has 3 aromatic carbocycles. The minimum absolute atomic E-state index is 0.00820. The molecule has 0 unspecified atom stereocenters. The molecule has 2 amide bonds. The number of anilines is 1. The second-order valence-electron chi connectivity index (χ2n) is 8.85. The number of hydrogen-bond donors (Lipinski definition) is 1. The minimum atomic E-state index is -4.12. The van der Waals surface area contributed by atoms with Crippen LogP contribution in [0.25, 0.3) is 0 Å². The Labute approximate surface area is 224 Å². The van der Waals surface area contributed by atoms with Gasteiger partial charge in [0.1, 0.15) is 12.6 Å². The molecule has 0 spiro atoms. The van der Waals surface area contributed by atoms with E-state index < -0.39 is 28.5 Å². The van der Waals surface area contributed by atoms with Crippen molar-refractivity contribution in [3.05, 3.63) is 94.5 Å². The first-order chi connectivity index (χ1) is 17.6. The Morgan fingerprint density at radius 1 is 0.946 bits per heavy atom. The summed E-state index contributed by atoms with van der Waals surface area (Å²) < 4.78 is 28.6. The standard InChI is InChI=1S/C28H32ClN3O4S/c1-5-26(28(34)30-4)31(18-22-8-6-7-21(3)17-22)27(33)19-32(24-13-9-20(2)10-14-24)37(35,36)25-15-11-23(29)12-16-25/h6-17,26H,5,18-19H2,1-4H3,(H,30,34)/t26-/m0/s1. The van der Waals surface area contributed by atoms with E-state index in [0.717, 1.165) is 21.0 Å². The van der Waals surface area contributed by atoms with E-state index in [9.17, 15) is 18.0 Å². The van der Waals surface area contributed by atoms with Crippen molar-refractivity contribution < 1.29 is 18.0 Å². The maximum atomic E-state index is 13.9. The van der Waals surface area contributed by atoms with Crippen LogP contribution in [0.4, 0.5) is 5.69 Å². The van der Waals surface area contributed by atoms with Gasteiger partial charge in [0.15, 0.2) is 0 Å². The Hall–Kier alpha value is -3.36. The highest BCUT2D eigenvalue weighted by Gasteiger charge is 2.33. The third-order valence-corrected chi connectivity index (χ3v) is 8.11. The molecule has 0 aliphatic carbocycles. The summed E-state index contributed by atoms with van der Waals surface area (Å²) in [6, 6.07) is 19.6. The van der Waals surface area contributed by atoms with Crippen LogP contribution in [0.2, 0.25) is 5.02 Å². The highest BCUT2D eigenvalue weighted by atomic mass is 35.5. The topological polar surface area (TPSA) is 86.8 Å². The second kappa shape index (κ2) is 12.3. The average Bonchev–Trinajstić information content (AvgIpc) is 2.87. The number of hydrogen-bond acceptors (Lipinski definition) is 4. The summed E-state index contributed by atoms with van der Waals surface area (Å²) in [7, 11) is -2.61. The first-order valence-electron chi connectivity index (χ1n) is 12.0. The fourth-order valence-corrected chi connectivity index (χ4v) is 5.61. The van der Waals surface area contributed by atoms with Gasteiger partial charge < -0.3 is 10.2 Å². The molecule has 0 aliphatic rings. The van der Waals surface area contributed by atoms with Crippen LogP contribution in [0.1, 0.15) is 30.0 Å². The second-order valence-corrected chi connectivity index (χ2v) is 11.1. The van der Waals surface area contributed by atoms with Gasteiger partial charge >= 0.3 is 0 Å². The number of nitrogens with zero attached hydrogens (tertiary/aromatic N) is 2. The van der Waals surface area contributed by atoms with Gasteiger partial charge in [-0.2, -0.15) is 0 Å². The number of aryl methyl sites for hydroxylation is 2. The predicted octanol–water partition coefficient (Wildman–Crippen LogP) is 4.71. The molecule has 0 aromatic heterocycles. The first kappa shape index (κ1) is 28.2. The summed E-state index contributed by atoms with van der Waals surface area (Å²) in [4.78, 5) is 28.1. The lowest BCUT2D eigenvalue weighted by molar-refractivity contribution is -0.140. The summed E-state index contributed by atoms with van der Waals surface area (Å²) in [6.07, 6.45) is 0.367. The summed E-state index contributed by atoms with van der Waals surface area (Å²) in [5.41, 5.74) is 3.16. The predicted molar refractivity (Wildman–Crippen MR) is 147 cm³/mol. The van der Waals surface area contributed by atoms with Crippen molar-refractivity contribution in [2.24, 2.45) is 0 Å². The molecular formula is C28H32ClN3O4S. The third-order valence-electron chi connectivity index (χ3n) is 6.07. The van der Waals surface area contributed by atoms with Crippen LogP contribution in [-0.4, -0.2) is 44.8 Å². The monoisotopic (exact) mass is 541 g/mol. The maximum absolute atomic E-state index is 13.9. The van der Waals surface area contributed by atoms with Gasteiger partial charge in [-0.1, -0.05) is 66.0 Å². The maximum Gasteiger partial charge on any atom is 0.264 e. The van der Waals surface area contributed by atoms with Gasteiger partial charge in [-0.05, 0) is 62.2 Å². The summed E-state index contributed by atoms with van der Waals surface area (Å²) in [5, 5.41) is 3.02. The van der Waals surface area contributed by atoms with Crippen molar-refractivity contribution >= 4 is 39.1 Å². The zero-order valence-electron chi connectivity index (χ0n) is 21.4. The van der Waals surface area contributed by atoms with Crippen LogP contribution in [-0.2, 0) is 26.2 Å². The quantitative estimate of drug-likeness (QED) is 0.403. The largest absolute Gasteiger partial charge is 0.357 e. The zero-order chi connectivity index (χ0) is 27.2. The molecule has 0 fully saturated rings. The van der Waals surface area contributed by atoms with E-state index in [-0.39, 0.29) is 17.3 Å². The fraction of sp³-hybridized carbons (Fsp3) is 0.286. The van der Waals surface area contributed by atoms with Crippen molar-refractivity contribution in [3.63, 3.8) is 0 Å². The molecule has 7 nitrogen and oxygen atoms in total. The number of amides is 2. The van der Waals surface area contributed by atoms with Crippen molar-refractivity contribution in [2.45, 2.75) is 44.7 Å². The van der Waals surface area contributed by atoms with Gasteiger partial charge in [0, 0.05) is 18.6 Å². The highest BCUT2D eigenvalue weighted by molar-refractivity contribution is 7.92. The van der Waals surface area contributed by atoms with Gasteiger partial charge in [-0.3, -0.25) is 13.9 Å². The third kappa shape index (κ3) is 6.90. The molecule has 0 heterocycles. The number of benzene rings is 3. The average molecular weight is 542 g/mol. The highest BCUT2D eigenvalue weighted by Crippen LogP contribution is 2.26. The van der Waals surface area contributed by atoms with E-state index in [1.54, 1.807) is 24.3 Å². The van der Waals surface area contributed by atoms with E-state index >= 15 is 0 Å². The van der Waals surface area contributed by atoms with E-state index in [0.29, 0.717) is 17.1 Å². The fourth-order valence-electron chi connectivity index (χ4n) is 4.07. The summed E-state index contributed by atoms with van der Waals surface area (Å²) >= 11 is 5.98. The molecule has 37 heavy (non-hydrogen) atoms. The van der Waals surface area contributed by atoms with Crippen molar-refractivity contribution in [2.75, 3.05) is 17.9 Å². The molecule has 1 atom stereocenters. The smallest absolute Gasteiger partial charge is 0.264 e. The number of rotatable bonds is 10. The number of likely N-dealkylation sites (N-methyl/N-ethyl adjacent to an activating group) is 1. The lowest BCUT2D eigenvalue weighted by Crippen LogP contribution is -2.51. The van der Waals surface area contributed by atoms with Gasteiger partial charge in [-0.15, -0.1) is 0 Å². The Kier molecular flexibility index (Phi) is 9.34. The molecule has 0 bridgehead atoms.